The van der Waals surface area contributed by atoms with Crippen LogP contribution in [0.5, 0.6) is 0 Å². The van der Waals surface area contributed by atoms with Crippen LogP contribution in [-0.4, -0.2) is 17.0 Å². The third kappa shape index (κ3) is 3.16. The highest BCUT2D eigenvalue weighted by Gasteiger charge is 2.34. The van der Waals surface area contributed by atoms with Crippen LogP contribution >= 0.6 is 11.6 Å². The Hall–Kier alpha value is -1.57. The van der Waals surface area contributed by atoms with E-state index in [9.17, 15) is 0 Å². The number of nitrogens with zero attached hydrogens (tertiary/aromatic N) is 1. The van der Waals surface area contributed by atoms with Gasteiger partial charge in [0.15, 0.2) is 0 Å². The second-order valence-electron chi connectivity index (χ2n) is 7.17. The highest BCUT2D eigenvalue weighted by atomic mass is 35.5. The summed E-state index contributed by atoms with van der Waals surface area (Å²) in [4.78, 5) is 2.71. The molecule has 1 fully saturated rings. The van der Waals surface area contributed by atoms with Crippen molar-refractivity contribution in [3.63, 3.8) is 0 Å². The van der Waals surface area contributed by atoms with Gasteiger partial charge in [-0.2, -0.15) is 0 Å². The lowest BCUT2D eigenvalue weighted by molar-refractivity contribution is 0.0951. The molecule has 2 aliphatic heterocycles. The maximum atomic E-state index is 6.26. The molecule has 24 heavy (non-hydrogen) atoms. The van der Waals surface area contributed by atoms with Gasteiger partial charge < -0.3 is 0 Å². The average molecular weight is 338 g/mol. The molecular weight excluding hydrogens is 314 g/mol. The summed E-state index contributed by atoms with van der Waals surface area (Å²) in [6.45, 7) is 3.26. The number of hydrogen-bond acceptors (Lipinski definition) is 1. The summed E-state index contributed by atoms with van der Waals surface area (Å²) in [5.74, 6) is 0. The van der Waals surface area contributed by atoms with Gasteiger partial charge in [-0.15, -0.1) is 0 Å². The van der Waals surface area contributed by atoms with E-state index in [1.165, 1.54) is 41.5 Å². The molecule has 0 N–H and O–H groups in total. The number of piperidine rings is 1. The largest absolute Gasteiger partial charge is 0.289 e. The Kier molecular flexibility index (Phi) is 4.47. The van der Waals surface area contributed by atoms with Crippen LogP contribution in [0.1, 0.15) is 42.4 Å². The molecule has 1 nitrogen and oxygen atoms in total. The van der Waals surface area contributed by atoms with E-state index in [0.29, 0.717) is 12.1 Å². The lowest BCUT2D eigenvalue weighted by atomic mass is 9.81. The van der Waals surface area contributed by atoms with Gasteiger partial charge >= 0.3 is 0 Å². The van der Waals surface area contributed by atoms with Gasteiger partial charge in [-0.3, -0.25) is 4.90 Å². The standard InChI is InChI=1S/C22H24ClN/c1-16-10-11-19(23)14-22(16)18-12-20-8-5-9-21(13-18)24(20)15-17-6-3-2-4-7-17/h2-4,6-7,10-12,14,20-21H,5,8-9,13,15H2,1H3. The summed E-state index contributed by atoms with van der Waals surface area (Å²) in [7, 11) is 0. The quantitative estimate of drug-likeness (QED) is 0.678. The van der Waals surface area contributed by atoms with Crippen molar-refractivity contribution in [1.82, 2.24) is 4.90 Å². The topological polar surface area (TPSA) is 3.24 Å². The molecule has 2 aliphatic rings. The van der Waals surface area contributed by atoms with E-state index >= 15 is 0 Å². The number of fused-ring (bicyclic) bond motifs is 2. The number of aryl methyl sites for hydroxylation is 1. The van der Waals surface area contributed by atoms with E-state index in [0.717, 1.165) is 18.0 Å². The van der Waals surface area contributed by atoms with E-state index < -0.39 is 0 Å². The van der Waals surface area contributed by atoms with Crippen molar-refractivity contribution in [3.05, 3.63) is 76.3 Å². The fourth-order valence-electron chi connectivity index (χ4n) is 4.30. The molecule has 0 radical (unpaired) electrons. The summed E-state index contributed by atoms with van der Waals surface area (Å²) in [6, 6.07) is 18.4. The van der Waals surface area contributed by atoms with Crippen LogP contribution in [-0.2, 0) is 6.54 Å². The minimum Gasteiger partial charge on any atom is -0.289 e. The van der Waals surface area contributed by atoms with E-state index in [4.69, 9.17) is 11.6 Å². The molecule has 2 aromatic carbocycles. The highest BCUT2D eigenvalue weighted by Crippen LogP contribution is 2.39. The highest BCUT2D eigenvalue weighted by molar-refractivity contribution is 6.30. The summed E-state index contributed by atoms with van der Waals surface area (Å²) in [5.41, 5.74) is 5.60. The molecule has 2 atom stereocenters. The molecule has 0 spiro atoms. The Bertz CT molecular complexity index is 750. The summed E-state index contributed by atoms with van der Waals surface area (Å²) < 4.78 is 0. The first-order valence-electron chi connectivity index (χ1n) is 8.97. The van der Waals surface area contributed by atoms with Gasteiger partial charge in [0.1, 0.15) is 0 Å². The zero-order valence-corrected chi connectivity index (χ0v) is 15.0. The zero-order chi connectivity index (χ0) is 16.5. The number of halogens is 1. The van der Waals surface area contributed by atoms with E-state index in [1.807, 2.05) is 6.07 Å². The van der Waals surface area contributed by atoms with Gasteiger partial charge in [0, 0.05) is 23.7 Å². The first-order valence-corrected chi connectivity index (χ1v) is 9.35. The van der Waals surface area contributed by atoms with Gasteiger partial charge in [-0.25, -0.2) is 0 Å². The predicted octanol–water partition coefficient (Wildman–Crippen LogP) is 5.86. The lowest BCUT2D eigenvalue weighted by Crippen LogP contribution is -2.47. The maximum Gasteiger partial charge on any atom is 0.0412 e. The summed E-state index contributed by atoms with van der Waals surface area (Å²) >= 11 is 6.26. The maximum absolute atomic E-state index is 6.26. The SMILES string of the molecule is Cc1ccc(Cl)cc1C1=CC2CCCC(C1)N2Cc1ccccc1. The molecule has 2 heteroatoms. The van der Waals surface area contributed by atoms with Crippen LogP contribution in [0.4, 0.5) is 0 Å². The van der Waals surface area contributed by atoms with E-state index in [-0.39, 0.29) is 0 Å². The Morgan fingerprint density at radius 2 is 1.92 bits per heavy atom. The first-order chi connectivity index (χ1) is 11.7. The molecule has 0 amide bonds. The first kappa shape index (κ1) is 15.9. The van der Waals surface area contributed by atoms with Crippen LogP contribution < -0.4 is 0 Å². The molecule has 124 valence electrons. The fraction of sp³-hybridized carbons (Fsp3) is 0.364. The van der Waals surface area contributed by atoms with Crippen molar-refractivity contribution in [2.75, 3.05) is 0 Å². The van der Waals surface area contributed by atoms with Crippen molar-refractivity contribution in [1.29, 1.82) is 0 Å². The predicted molar refractivity (Wildman–Crippen MR) is 102 cm³/mol. The summed E-state index contributed by atoms with van der Waals surface area (Å²) in [6.07, 6.45) is 7.58. The smallest absolute Gasteiger partial charge is 0.0412 e. The molecular formula is C22H24ClN. The Morgan fingerprint density at radius 3 is 2.71 bits per heavy atom. The van der Waals surface area contributed by atoms with Crippen molar-refractivity contribution >= 4 is 17.2 Å². The molecule has 1 saturated heterocycles. The number of rotatable bonds is 3. The van der Waals surface area contributed by atoms with Crippen LogP contribution in [0.2, 0.25) is 5.02 Å². The molecule has 0 aliphatic carbocycles. The van der Waals surface area contributed by atoms with Crippen molar-refractivity contribution in [2.45, 2.75) is 51.2 Å². The molecule has 2 bridgehead atoms. The fourth-order valence-corrected chi connectivity index (χ4v) is 4.47. The summed E-state index contributed by atoms with van der Waals surface area (Å²) in [5, 5.41) is 0.841. The Labute approximate surface area is 149 Å². The van der Waals surface area contributed by atoms with Crippen molar-refractivity contribution in [3.8, 4) is 0 Å². The normalized spacial score (nSPS) is 23.8. The molecule has 2 heterocycles. The van der Waals surface area contributed by atoms with Crippen LogP contribution in [0, 0.1) is 6.92 Å². The second kappa shape index (κ2) is 6.74. The minimum absolute atomic E-state index is 0.561. The third-order valence-corrected chi connectivity index (χ3v) is 5.77. The second-order valence-corrected chi connectivity index (χ2v) is 7.60. The van der Waals surface area contributed by atoms with E-state index in [2.05, 4.69) is 60.4 Å². The van der Waals surface area contributed by atoms with Crippen LogP contribution in [0.3, 0.4) is 0 Å². The Balaban J connectivity index is 1.63. The molecule has 0 saturated carbocycles. The Morgan fingerprint density at radius 1 is 1.08 bits per heavy atom. The molecule has 4 rings (SSSR count). The zero-order valence-electron chi connectivity index (χ0n) is 14.2. The van der Waals surface area contributed by atoms with Crippen LogP contribution in [0.25, 0.3) is 5.57 Å². The number of hydrogen-bond donors (Lipinski definition) is 0. The molecule has 0 aromatic heterocycles. The van der Waals surface area contributed by atoms with Gasteiger partial charge in [0.2, 0.25) is 0 Å². The van der Waals surface area contributed by atoms with Crippen LogP contribution in [0.15, 0.2) is 54.6 Å². The van der Waals surface area contributed by atoms with Gasteiger partial charge in [-0.1, -0.05) is 60.5 Å². The van der Waals surface area contributed by atoms with Crippen molar-refractivity contribution < 1.29 is 0 Å². The lowest BCUT2D eigenvalue weighted by Gasteiger charge is -2.45. The molecule has 2 unspecified atom stereocenters. The average Bonchev–Trinajstić information content (AvgIpc) is 2.58. The third-order valence-electron chi connectivity index (χ3n) is 5.53. The van der Waals surface area contributed by atoms with Crippen molar-refractivity contribution in [2.24, 2.45) is 0 Å². The minimum atomic E-state index is 0.561. The van der Waals surface area contributed by atoms with E-state index in [1.54, 1.807) is 0 Å². The van der Waals surface area contributed by atoms with Gasteiger partial charge in [0.25, 0.3) is 0 Å². The number of benzene rings is 2. The van der Waals surface area contributed by atoms with Gasteiger partial charge in [-0.05, 0) is 60.6 Å². The van der Waals surface area contributed by atoms with Gasteiger partial charge in [0.05, 0.1) is 0 Å². The monoisotopic (exact) mass is 337 g/mol. The molecule has 2 aromatic rings.